The Hall–Kier alpha value is -1.31. The molecule has 18 heavy (non-hydrogen) atoms. The van der Waals surface area contributed by atoms with Crippen molar-refractivity contribution in [1.82, 2.24) is 9.71 Å². The van der Waals surface area contributed by atoms with E-state index in [1.165, 1.54) is 29.5 Å². The fourth-order valence-corrected chi connectivity index (χ4v) is 3.25. The van der Waals surface area contributed by atoms with Crippen molar-refractivity contribution in [3.63, 3.8) is 0 Å². The van der Waals surface area contributed by atoms with Crippen LogP contribution in [0.1, 0.15) is 10.7 Å². The molecule has 0 spiro atoms. The molecule has 2 aromatic rings. The van der Waals surface area contributed by atoms with Crippen molar-refractivity contribution >= 4 is 21.4 Å². The van der Waals surface area contributed by atoms with Crippen LogP contribution >= 0.6 is 11.3 Å². The van der Waals surface area contributed by atoms with Crippen molar-refractivity contribution in [2.75, 3.05) is 0 Å². The predicted molar refractivity (Wildman–Crippen MR) is 67.3 cm³/mol. The van der Waals surface area contributed by atoms with E-state index in [0.29, 0.717) is 5.01 Å². The fourth-order valence-electron chi connectivity index (χ4n) is 1.38. The van der Waals surface area contributed by atoms with E-state index in [2.05, 4.69) is 9.71 Å². The highest BCUT2D eigenvalue weighted by Gasteiger charge is 2.18. The molecule has 0 radical (unpaired) electrons. The molecule has 0 saturated heterocycles. The Kier molecular flexibility index (Phi) is 3.74. The monoisotopic (exact) mass is 286 g/mol. The van der Waals surface area contributed by atoms with E-state index >= 15 is 0 Å². The highest BCUT2D eigenvalue weighted by molar-refractivity contribution is 7.89. The summed E-state index contributed by atoms with van der Waals surface area (Å²) in [7, 11) is -3.84. The van der Waals surface area contributed by atoms with Crippen LogP contribution in [0.15, 0.2) is 34.5 Å². The molecule has 7 heteroatoms. The average molecular weight is 286 g/mol. The first-order valence-electron chi connectivity index (χ1n) is 5.14. The van der Waals surface area contributed by atoms with E-state index in [0.717, 1.165) is 11.8 Å². The van der Waals surface area contributed by atoms with Crippen LogP contribution in [0, 0.1) is 12.7 Å². The first kappa shape index (κ1) is 13.1. The molecule has 1 N–H and O–H groups in total. The lowest BCUT2D eigenvalue weighted by molar-refractivity contribution is 0.556. The smallest absolute Gasteiger partial charge is 0.243 e. The number of nitrogens with zero attached hydrogens (tertiary/aromatic N) is 1. The summed E-state index contributed by atoms with van der Waals surface area (Å²) in [5.41, 5.74) is 0.833. The topological polar surface area (TPSA) is 59.1 Å². The first-order valence-corrected chi connectivity index (χ1v) is 7.50. The van der Waals surface area contributed by atoms with E-state index in [-0.39, 0.29) is 11.4 Å². The summed E-state index contributed by atoms with van der Waals surface area (Å²) in [5, 5.41) is 2.47. The van der Waals surface area contributed by atoms with Gasteiger partial charge in [-0.3, -0.25) is 0 Å². The van der Waals surface area contributed by atoms with Gasteiger partial charge >= 0.3 is 0 Å². The van der Waals surface area contributed by atoms with Gasteiger partial charge in [-0.2, -0.15) is 0 Å². The second kappa shape index (κ2) is 5.13. The van der Waals surface area contributed by atoms with Gasteiger partial charge < -0.3 is 0 Å². The molecule has 0 atom stereocenters. The molecule has 2 rings (SSSR count). The van der Waals surface area contributed by atoms with Crippen LogP contribution in [0.4, 0.5) is 4.39 Å². The molecular weight excluding hydrogens is 275 g/mol. The number of benzene rings is 1. The zero-order valence-electron chi connectivity index (χ0n) is 9.55. The molecule has 0 aliphatic heterocycles. The Morgan fingerprint density at radius 1 is 1.39 bits per heavy atom. The molecule has 0 unspecified atom stereocenters. The van der Waals surface area contributed by atoms with Crippen LogP contribution in [-0.4, -0.2) is 13.4 Å². The lowest BCUT2D eigenvalue weighted by Crippen LogP contribution is -2.24. The molecule has 0 saturated carbocycles. The zero-order chi connectivity index (χ0) is 13.2. The zero-order valence-corrected chi connectivity index (χ0v) is 11.2. The third-order valence-corrected chi connectivity index (χ3v) is 4.61. The van der Waals surface area contributed by atoms with E-state index in [1.807, 2.05) is 12.3 Å². The molecule has 0 aliphatic rings. The molecule has 0 bridgehead atoms. The summed E-state index contributed by atoms with van der Waals surface area (Å²) in [6, 6.07) is 5.26. The van der Waals surface area contributed by atoms with Crippen LogP contribution in [0.2, 0.25) is 0 Å². The number of hydrogen-bond donors (Lipinski definition) is 1. The molecule has 0 amide bonds. The van der Waals surface area contributed by atoms with Crippen molar-refractivity contribution in [2.24, 2.45) is 0 Å². The Morgan fingerprint density at radius 2 is 2.11 bits per heavy atom. The maximum Gasteiger partial charge on any atom is 0.243 e. The Balaban J connectivity index is 2.16. The number of halogens is 1. The number of hydrogen-bond acceptors (Lipinski definition) is 4. The third kappa shape index (κ3) is 2.92. The highest BCUT2D eigenvalue weighted by Crippen LogP contribution is 2.14. The molecular formula is C11H11FN2O2S2. The normalized spacial score (nSPS) is 11.7. The maximum atomic E-state index is 13.4. The van der Waals surface area contributed by atoms with Gasteiger partial charge in [-0.05, 0) is 19.1 Å². The molecule has 0 fully saturated rings. The minimum Gasteiger partial charge on any atom is -0.245 e. The SMILES string of the molecule is Cc1csc(CNS(=O)(=O)c2ccccc2F)n1. The predicted octanol–water partition coefficient (Wildman–Crippen LogP) is 2.07. The van der Waals surface area contributed by atoms with Gasteiger partial charge in [0.15, 0.2) is 0 Å². The molecule has 1 aromatic heterocycles. The average Bonchev–Trinajstić information content (AvgIpc) is 2.73. The summed E-state index contributed by atoms with van der Waals surface area (Å²) in [6.45, 7) is 1.89. The summed E-state index contributed by atoms with van der Waals surface area (Å²) in [6.07, 6.45) is 0. The van der Waals surface area contributed by atoms with Crippen molar-refractivity contribution in [3.8, 4) is 0 Å². The van der Waals surface area contributed by atoms with Crippen LogP contribution in [-0.2, 0) is 16.6 Å². The number of sulfonamides is 1. The van der Waals surface area contributed by atoms with Crippen LogP contribution in [0.5, 0.6) is 0 Å². The van der Waals surface area contributed by atoms with E-state index in [4.69, 9.17) is 0 Å². The van der Waals surface area contributed by atoms with E-state index in [9.17, 15) is 12.8 Å². The van der Waals surface area contributed by atoms with Gasteiger partial charge in [0.05, 0.1) is 6.54 Å². The largest absolute Gasteiger partial charge is 0.245 e. The van der Waals surface area contributed by atoms with Gasteiger partial charge in [-0.15, -0.1) is 11.3 Å². The lowest BCUT2D eigenvalue weighted by Gasteiger charge is -2.05. The summed E-state index contributed by atoms with van der Waals surface area (Å²) in [5.74, 6) is -0.764. The molecule has 1 aromatic carbocycles. The number of nitrogens with one attached hydrogen (secondary N) is 1. The number of aromatic nitrogens is 1. The van der Waals surface area contributed by atoms with Crippen molar-refractivity contribution in [3.05, 3.63) is 46.2 Å². The van der Waals surface area contributed by atoms with Gasteiger partial charge in [0, 0.05) is 11.1 Å². The Bertz CT molecular complexity index is 653. The summed E-state index contributed by atoms with van der Waals surface area (Å²) in [4.78, 5) is 3.78. The molecule has 96 valence electrons. The second-order valence-electron chi connectivity index (χ2n) is 3.64. The highest BCUT2D eigenvalue weighted by atomic mass is 32.2. The number of rotatable bonds is 4. The Labute approximate surface area is 109 Å². The lowest BCUT2D eigenvalue weighted by atomic mass is 10.4. The third-order valence-electron chi connectivity index (χ3n) is 2.21. The van der Waals surface area contributed by atoms with Crippen molar-refractivity contribution < 1.29 is 12.8 Å². The molecule has 1 heterocycles. The van der Waals surface area contributed by atoms with Crippen LogP contribution in [0.3, 0.4) is 0 Å². The standard InChI is InChI=1S/C11H11FN2O2S2/c1-8-7-17-11(14-8)6-13-18(15,16)10-5-3-2-4-9(10)12/h2-5,7,13H,6H2,1H3. The number of thiazole rings is 1. The van der Waals surface area contributed by atoms with Gasteiger partial charge in [0.1, 0.15) is 15.7 Å². The minimum atomic E-state index is -3.84. The van der Waals surface area contributed by atoms with Crippen LogP contribution in [0.25, 0.3) is 0 Å². The molecule has 4 nitrogen and oxygen atoms in total. The second-order valence-corrected chi connectivity index (χ2v) is 6.32. The fraction of sp³-hybridized carbons (Fsp3) is 0.182. The van der Waals surface area contributed by atoms with Gasteiger partial charge in [0.25, 0.3) is 0 Å². The van der Waals surface area contributed by atoms with Crippen molar-refractivity contribution in [1.29, 1.82) is 0 Å². The first-order chi connectivity index (χ1) is 8.49. The Morgan fingerprint density at radius 3 is 2.72 bits per heavy atom. The molecule has 0 aliphatic carbocycles. The van der Waals surface area contributed by atoms with Gasteiger partial charge in [-0.1, -0.05) is 12.1 Å². The quantitative estimate of drug-likeness (QED) is 0.936. The van der Waals surface area contributed by atoms with Crippen molar-refractivity contribution in [2.45, 2.75) is 18.4 Å². The number of aryl methyl sites for hydroxylation is 1. The van der Waals surface area contributed by atoms with E-state index in [1.54, 1.807) is 0 Å². The van der Waals surface area contributed by atoms with Crippen LogP contribution < -0.4 is 4.72 Å². The van der Waals surface area contributed by atoms with Gasteiger partial charge in [0.2, 0.25) is 10.0 Å². The maximum absolute atomic E-state index is 13.4. The summed E-state index contributed by atoms with van der Waals surface area (Å²) >= 11 is 1.36. The minimum absolute atomic E-state index is 0.0647. The summed E-state index contributed by atoms with van der Waals surface area (Å²) < 4.78 is 39.4. The van der Waals surface area contributed by atoms with E-state index < -0.39 is 15.8 Å². The van der Waals surface area contributed by atoms with Gasteiger partial charge in [-0.25, -0.2) is 22.5 Å².